The van der Waals surface area contributed by atoms with Crippen LogP contribution >= 0.6 is 12.4 Å². The summed E-state index contributed by atoms with van der Waals surface area (Å²) in [6.07, 6.45) is -0.785. The van der Waals surface area contributed by atoms with Crippen LogP contribution < -0.4 is 21.1 Å². The molecule has 5 N–H and O–H groups in total. The number of carbonyl (C=O) groups is 8. The molecule has 2 aromatic rings. The normalized spacial score (nSPS) is 20.5. The van der Waals surface area contributed by atoms with E-state index in [0.717, 1.165) is 7.05 Å². The molecule has 0 bridgehead atoms. The topological polar surface area (TPSA) is 222 Å². The minimum absolute atomic E-state index is 0. The van der Waals surface area contributed by atoms with Crippen LogP contribution in [0.2, 0.25) is 0 Å². The lowest BCUT2D eigenvalue weighted by Gasteiger charge is -2.35. The molecule has 0 saturated carbocycles. The number of Topliss-reactive ketones (excluding diaryl/α,β-unsaturated/α-hetero) is 2. The average Bonchev–Trinajstić information content (AvgIpc) is 3.02. The molecule has 0 aliphatic carbocycles. The molecule has 19 heteroatoms. The fourth-order valence-electron chi connectivity index (χ4n) is 5.15. The average molecular weight is 783 g/mol. The summed E-state index contributed by atoms with van der Waals surface area (Å²) in [6, 6.07) is 9.05. The number of nitrogens with two attached hydrogens (primary N) is 1. The Hall–Kier alpha value is -4.78. The van der Waals surface area contributed by atoms with Crippen LogP contribution in [0, 0.1) is 23.5 Å². The molecule has 2 saturated heterocycles. The van der Waals surface area contributed by atoms with Gasteiger partial charge in [0.05, 0.1) is 21.3 Å². The maximum atomic E-state index is 13.8. The molecule has 0 aromatic heterocycles. The maximum absolute atomic E-state index is 13.8. The van der Waals surface area contributed by atoms with Gasteiger partial charge < -0.3 is 5.73 Å². The smallest absolute Gasteiger partial charge is 0.321 e. The number of hydrogen-bond donors (Lipinski definition) is 4. The van der Waals surface area contributed by atoms with Gasteiger partial charge in [0, 0.05) is 32.5 Å². The van der Waals surface area contributed by atoms with Crippen molar-refractivity contribution in [3.63, 3.8) is 0 Å². The van der Waals surface area contributed by atoms with E-state index in [1.165, 1.54) is 50.4 Å². The second-order valence-electron chi connectivity index (χ2n) is 13.8. The Morgan fingerprint density at radius 1 is 0.755 bits per heavy atom. The molecule has 288 valence electrons. The Morgan fingerprint density at radius 3 is 1.57 bits per heavy atom. The molecule has 2 heterocycles. The van der Waals surface area contributed by atoms with Gasteiger partial charge >= 0.3 is 12.1 Å². The monoisotopic (exact) mass is 782 g/mol. The van der Waals surface area contributed by atoms with Crippen molar-refractivity contribution in [2.24, 2.45) is 17.6 Å². The first-order chi connectivity index (χ1) is 23.9. The summed E-state index contributed by atoms with van der Waals surface area (Å²) in [5, 5.41) is 3.89. The Morgan fingerprint density at radius 2 is 1.15 bits per heavy atom. The summed E-state index contributed by atoms with van der Waals surface area (Å²) in [6.45, 7) is 8.22. The van der Waals surface area contributed by atoms with Gasteiger partial charge in [-0.2, -0.15) is 0 Å². The number of imide groups is 4. The van der Waals surface area contributed by atoms with Gasteiger partial charge in [0.25, 0.3) is 11.8 Å². The summed E-state index contributed by atoms with van der Waals surface area (Å²) in [5.74, 6) is -9.76. The summed E-state index contributed by atoms with van der Waals surface area (Å²) >= 11 is 0. The first kappa shape index (κ1) is 44.4. The van der Waals surface area contributed by atoms with Crippen LogP contribution in [0.1, 0.15) is 58.6 Å². The summed E-state index contributed by atoms with van der Waals surface area (Å²) in [7, 11) is 0.681. The Bertz CT molecular complexity index is 1870. The van der Waals surface area contributed by atoms with Crippen LogP contribution in [0.25, 0.3) is 0 Å². The van der Waals surface area contributed by atoms with Crippen LogP contribution in [0.4, 0.5) is 18.4 Å². The molecule has 0 spiro atoms. The zero-order valence-electron chi connectivity index (χ0n) is 29.9. The molecule has 2 aliphatic heterocycles. The van der Waals surface area contributed by atoms with E-state index in [4.69, 9.17) is 5.73 Å². The minimum Gasteiger partial charge on any atom is -0.321 e. The number of nitrogens with one attached hydrogen (secondary N) is 3. The van der Waals surface area contributed by atoms with E-state index in [0.29, 0.717) is 20.9 Å². The van der Waals surface area contributed by atoms with Crippen molar-refractivity contribution in [3.05, 3.63) is 71.3 Å². The molecule has 53 heavy (non-hydrogen) atoms. The van der Waals surface area contributed by atoms with E-state index >= 15 is 0 Å². The highest BCUT2D eigenvalue weighted by atomic mass is 35.5. The largest absolute Gasteiger partial charge is 0.330 e. The molecule has 5 atom stereocenters. The van der Waals surface area contributed by atoms with E-state index in [2.05, 4.69) is 4.72 Å². The van der Waals surface area contributed by atoms with Gasteiger partial charge in [-0.3, -0.25) is 49.2 Å². The Balaban J connectivity index is 0.000000369. The third-order valence-corrected chi connectivity index (χ3v) is 10.0. The van der Waals surface area contributed by atoms with Crippen LogP contribution in [-0.2, 0) is 50.8 Å². The number of ketones is 2. The number of rotatable bonds is 10. The van der Waals surface area contributed by atoms with Crippen molar-refractivity contribution < 1.29 is 51.3 Å². The van der Waals surface area contributed by atoms with Crippen molar-refractivity contribution in [2.75, 3.05) is 14.1 Å². The SMILES string of the molecule is CN1C(=O)NC(=O)C(C(=O)C[C@@](C)(N)c2cccc(F)c2)C1=O.CN1C(=O)NC(=O)C(C(=O)C[C@@](C)(N[S@@](=O)C(C)(C)C)c2cccc(F)c2)C1=O.Cl. The number of hydrogen-bond acceptors (Lipinski definition) is 10. The maximum Gasteiger partial charge on any atom is 0.330 e. The highest BCUT2D eigenvalue weighted by molar-refractivity contribution is 7.84. The molecular weight excluding hydrogens is 742 g/mol. The van der Waals surface area contributed by atoms with Crippen molar-refractivity contribution in [1.82, 2.24) is 25.2 Å². The van der Waals surface area contributed by atoms with Gasteiger partial charge in [-0.25, -0.2) is 27.3 Å². The first-order valence-electron chi connectivity index (χ1n) is 15.7. The van der Waals surface area contributed by atoms with Gasteiger partial charge in [-0.15, -0.1) is 12.4 Å². The van der Waals surface area contributed by atoms with E-state index < -0.39 is 104 Å². The van der Waals surface area contributed by atoms with Gasteiger partial charge in [0.1, 0.15) is 11.6 Å². The van der Waals surface area contributed by atoms with Crippen LogP contribution in [0.5, 0.6) is 0 Å². The lowest BCUT2D eigenvalue weighted by Crippen LogP contribution is -2.59. The Kier molecular flexibility index (Phi) is 14.2. The number of carbonyl (C=O) groups excluding carboxylic acids is 8. The van der Waals surface area contributed by atoms with Crippen molar-refractivity contribution in [1.29, 1.82) is 0 Å². The lowest BCUT2D eigenvalue weighted by atomic mass is 9.83. The standard InChI is InChI=1S/C19H24FN3O5S.C15H16FN3O4.ClH/c1-18(2,3)29(28)22-19(4,11-7-6-8-12(20)9-11)10-13(24)14-15(25)21-17(27)23(5)16(14)26;1-15(17,8-4-3-5-9(16)6-8)7-10(20)11-12(21)18-14(23)19(2)13(11)22;/h6-9,14,22H,10H2,1-5H3,(H,21,25,27);3-6,11H,7,17H2,1-2H3,(H,18,21,23);1H/t14?,19-,29+;11?,15-;/m11./s1. The van der Waals surface area contributed by atoms with Crippen molar-refractivity contribution in [2.45, 2.75) is 63.3 Å². The number of nitrogens with zero attached hydrogens (tertiary/aromatic N) is 2. The zero-order chi connectivity index (χ0) is 39.5. The minimum atomic E-state index is -1.71. The zero-order valence-corrected chi connectivity index (χ0v) is 31.5. The number of halogens is 3. The number of benzene rings is 2. The third-order valence-electron chi connectivity index (χ3n) is 8.28. The van der Waals surface area contributed by atoms with Gasteiger partial charge in [0.15, 0.2) is 23.4 Å². The molecule has 2 aromatic carbocycles. The first-order valence-corrected chi connectivity index (χ1v) is 16.9. The Labute approximate surface area is 312 Å². The van der Waals surface area contributed by atoms with E-state index in [1.807, 2.05) is 10.6 Å². The summed E-state index contributed by atoms with van der Waals surface area (Å²) < 4.78 is 42.0. The summed E-state index contributed by atoms with van der Waals surface area (Å²) in [4.78, 5) is 97.7. The fraction of sp³-hybridized carbons (Fsp3) is 0.412. The molecule has 8 amide bonds. The van der Waals surface area contributed by atoms with Gasteiger partial charge in [-0.1, -0.05) is 24.3 Å². The quantitative estimate of drug-likeness (QED) is 0.257. The number of urea groups is 2. The molecular formula is C34H41ClF2N6O9S. The molecule has 15 nitrogen and oxygen atoms in total. The van der Waals surface area contributed by atoms with E-state index in [1.54, 1.807) is 39.8 Å². The van der Waals surface area contributed by atoms with Crippen LogP contribution in [0.3, 0.4) is 0 Å². The van der Waals surface area contributed by atoms with Gasteiger partial charge in [-0.05, 0) is 70.0 Å². The predicted molar refractivity (Wildman–Crippen MR) is 189 cm³/mol. The number of barbiturate groups is 2. The van der Waals surface area contributed by atoms with Crippen LogP contribution in [0.15, 0.2) is 48.5 Å². The number of amides is 8. The van der Waals surface area contributed by atoms with Crippen molar-refractivity contribution in [3.8, 4) is 0 Å². The predicted octanol–water partition coefficient (Wildman–Crippen LogP) is 2.08. The van der Waals surface area contributed by atoms with Crippen molar-refractivity contribution >= 4 is 70.7 Å². The molecule has 0 radical (unpaired) electrons. The lowest BCUT2D eigenvalue weighted by molar-refractivity contribution is -0.149. The third kappa shape index (κ3) is 10.4. The van der Waals surface area contributed by atoms with Crippen LogP contribution in [-0.4, -0.2) is 80.1 Å². The summed E-state index contributed by atoms with van der Waals surface area (Å²) in [5.41, 5.74) is 4.15. The highest BCUT2D eigenvalue weighted by Gasteiger charge is 2.47. The van der Waals surface area contributed by atoms with E-state index in [9.17, 15) is 51.3 Å². The molecule has 4 rings (SSSR count). The molecule has 2 unspecified atom stereocenters. The second-order valence-corrected chi connectivity index (χ2v) is 15.8. The molecule has 2 aliphatic rings. The fourth-order valence-corrected chi connectivity index (χ4v) is 6.05. The van der Waals surface area contributed by atoms with Gasteiger partial charge in [0.2, 0.25) is 11.8 Å². The molecule has 2 fully saturated rings. The highest BCUT2D eigenvalue weighted by Crippen LogP contribution is 2.30. The second kappa shape index (κ2) is 16.9. The van der Waals surface area contributed by atoms with E-state index in [-0.39, 0.29) is 18.8 Å².